The topological polar surface area (TPSA) is 64.6 Å². The van der Waals surface area contributed by atoms with Crippen molar-refractivity contribution < 1.29 is 19.1 Å². The van der Waals surface area contributed by atoms with E-state index in [1.165, 1.54) is 19.8 Å². The smallest absolute Gasteiger partial charge is 0.336 e. The van der Waals surface area contributed by atoms with E-state index in [1.54, 1.807) is 6.92 Å². The Hall–Kier alpha value is -2.56. The average molecular weight is 343 g/mol. The van der Waals surface area contributed by atoms with E-state index in [1.807, 2.05) is 24.3 Å². The third-order valence-electron chi connectivity index (χ3n) is 4.59. The monoisotopic (exact) mass is 343 g/mol. The van der Waals surface area contributed by atoms with E-state index in [0.29, 0.717) is 22.9 Å². The van der Waals surface area contributed by atoms with Crippen LogP contribution in [-0.4, -0.2) is 26.2 Å². The molecule has 2 rings (SSSR count). The van der Waals surface area contributed by atoms with Crippen molar-refractivity contribution >= 4 is 11.9 Å². The third-order valence-corrected chi connectivity index (χ3v) is 4.59. The molecule has 2 unspecified atom stereocenters. The number of hydrogen-bond acceptors (Lipinski definition) is 5. The summed E-state index contributed by atoms with van der Waals surface area (Å²) in [6.45, 7) is 9.96. The largest absolute Gasteiger partial charge is 0.468 e. The van der Waals surface area contributed by atoms with Gasteiger partial charge in [0.15, 0.2) is 0 Å². The van der Waals surface area contributed by atoms with Gasteiger partial charge in [-0.3, -0.25) is 4.79 Å². The Morgan fingerprint density at radius 1 is 1.12 bits per heavy atom. The summed E-state index contributed by atoms with van der Waals surface area (Å²) >= 11 is 0. The van der Waals surface area contributed by atoms with Gasteiger partial charge in [0, 0.05) is 17.3 Å². The second-order valence-corrected chi connectivity index (χ2v) is 6.48. The van der Waals surface area contributed by atoms with Gasteiger partial charge in [-0.25, -0.2) is 4.79 Å². The minimum atomic E-state index is -0.701. The van der Waals surface area contributed by atoms with Gasteiger partial charge in [0.1, 0.15) is 5.92 Å². The van der Waals surface area contributed by atoms with Crippen LogP contribution < -0.4 is 5.32 Å². The second kappa shape index (κ2) is 7.55. The maximum atomic E-state index is 12.4. The van der Waals surface area contributed by atoms with Crippen molar-refractivity contribution in [3.8, 4) is 0 Å². The van der Waals surface area contributed by atoms with Crippen LogP contribution in [0.5, 0.6) is 0 Å². The molecule has 0 aliphatic carbocycles. The molecule has 5 nitrogen and oxygen atoms in total. The van der Waals surface area contributed by atoms with Crippen molar-refractivity contribution in [3.05, 3.63) is 58.9 Å². The normalized spacial score (nSPS) is 20.3. The van der Waals surface area contributed by atoms with Gasteiger partial charge >= 0.3 is 11.9 Å². The van der Waals surface area contributed by atoms with Crippen LogP contribution in [0.3, 0.4) is 0 Å². The lowest BCUT2D eigenvalue weighted by atomic mass is 9.75. The Labute approximate surface area is 148 Å². The predicted molar refractivity (Wildman–Crippen MR) is 95.8 cm³/mol. The van der Waals surface area contributed by atoms with Crippen LogP contribution in [0.25, 0.3) is 0 Å². The van der Waals surface area contributed by atoms with E-state index >= 15 is 0 Å². The molecule has 134 valence electrons. The Bertz CT molecular complexity index is 716. The number of rotatable bonds is 4. The van der Waals surface area contributed by atoms with Crippen LogP contribution in [-0.2, 0) is 19.1 Å². The molecule has 1 aliphatic rings. The Morgan fingerprint density at radius 2 is 1.72 bits per heavy atom. The minimum Gasteiger partial charge on any atom is -0.468 e. The van der Waals surface area contributed by atoms with Gasteiger partial charge in [-0.15, -0.1) is 0 Å². The summed E-state index contributed by atoms with van der Waals surface area (Å²) in [5.41, 5.74) is 3.60. The molecule has 0 saturated heterocycles. The molecule has 0 fully saturated rings. The number of hydrogen-bond donors (Lipinski definition) is 1. The molecular formula is C20H25NO4. The summed E-state index contributed by atoms with van der Waals surface area (Å²) in [6.07, 6.45) is 0. The first kappa shape index (κ1) is 18.8. The fourth-order valence-corrected chi connectivity index (χ4v) is 3.23. The first-order valence-corrected chi connectivity index (χ1v) is 8.24. The number of esters is 2. The molecule has 1 aromatic carbocycles. The molecule has 1 aliphatic heterocycles. The zero-order chi connectivity index (χ0) is 18.7. The quantitative estimate of drug-likeness (QED) is 0.850. The molecular weight excluding hydrogens is 318 g/mol. The van der Waals surface area contributed by atoms with Gasteiger partial charge in [0.05, 0.1) is 19.8 Å². The standard InChI is InChI=1S/C20H25NO4/c1-11(2)14-7-9-15(10-8-14)18-16(19(22)24-5)12(3)21-13(4)17(18)20(23)25-6/h7-11,16,18,21H,3H2,1-2,4-6H3. The van der Waals surface area contributed by atoms with Crippen molar-refractivity contribution in [2.75, 3.05) is 14.2 Å². The third kappa shape index (κ3) is 3.60. The van der Waals surface area contributed by atoms with Crippen LogP contribution in [0.2, 0.25) is 0 Å². The lowest BCUT2D eigenvalue weighted by Crippen LogP contribution is -2.39. The van der Waals surface area contributed by atoms with Crippen LogP contribution >= 0.6 is 0 Å². The summed E-state index contributed by atoms with van der Waals surface area (Å²) in [5.74, 6) is -1.72. The fourth-order valence-electron chi connectivity index (χ4n) is 3.23. The summed E-state index contributed by atoms with van der Waals surface area (Å²) in [4.78, 5) is 24.8. The molecule has 1 N–H and O–H groups in total. The first-order valence-electron chi connectivity index (χ1n) is 8.24. The molecule has 5 heteroatoms. The number of methoxy groups -OCH3 is 2. The number of carbonyl (C=O) groups excluding carboxylic acids is 2. The van der Waals surface area contributed by atoms with E-state index < -0.39 is 23.8 Å². The van der Waals surface area contributed by atoms with Crippen molar-refractivity contribution in [2.24, 2.45) is 5.92 Å². The van der Waals surface area contributed by atoms with Crippen molar-refractivity contribution in [1.82, 2.24) is 5.32 Å². The predicted octanol–water partition coefficient (Wildman–Crippen LogP) is 3.25. The summed E-state index contributed by atoms with van der Waals surface area (Å²) in [5, 5.41) is 3.02. The van der Waals surface area contributed by atoms with Crippen molar-refractivity contribution in [1.29, 1.82) is 0 Å². The number of allylic oxidation sites excluding steroid dienone is 1. The lowest BCUT2D eigenvalue weighted by Gasteiger charge is -2.34. The van der Waals surface area contributed by atoms with Crippen LogP contribution in [0.4, 0.5) is 0 Å². The highest BCUT2D eigenvalue weighted by Gasteiger charge is 2.42. The van der Waals surface area contributed by atoms with Gasteiger partial charge in [-0.2, -0.15) is 0 Å². The van der Waals surface area contributed by atoms with E-state index in [0.717, 1.165) is 5.56 Å². The van der Waals surface area contributed by atoms with E-state index in [4.69, 9.17) is 9.47 Å². The van der Waals surface area contributed by atoms with E-state index in [9.17, 15) is 9.59 Å². The zero-order valence-corrected chi connectivity index (χ0v) is 15.4. The zero-order valence-electron chi connectivity index (χ0n) is 15.4. The van der Waals surface area contributed by atoms with Gasteiger partial charge in [0.25, 0.3) is 0 Å². The van der Waals surface area contributed by atoms with Crippen LogP contribution in [0.15, 0.2) is 47.8 Å². The average Bonchev–Trinajstić information content (AvgIpc) is 2.60. The Balaban J connectivity index is 2.61. The van der Waals surface area contributed by atoms with Crippen molar-refractivity contribution in [3.63, 3.8) is 0 Å². The molecule has 0 spiro atoms. The molecule has 1 aromatic rings. The van der Waals surface area contributed by atoms with Crippen molar-refractivity contribution in [2.45, 2.75) is 32.6 Å². The molecule has 0 saturated carbocycles. The first-order chi connectivity index (χ1) is 11.8. The molecule has 1 heterocycles. The van der Waals surface area contributed by atoms with Gasteiger partial charge < -0.3 is 14.8 Å². The summed E-state index contributed by atoms with van der Waals surface area (Å²) in [6, 6.07) is 7.93. The highest BCUT2D eigenvalue weighted by molar-refractivity contribution is 5.94. The van der Waals surface area contributed by atoms with Gasteiger partial charge in [0.2, 0.25) is 0 Å². The Morgan fingerprint density at radius 3 is 2.20 bits per heavy atom. The number of ether oxygens (including phenoxy) is 2. The number of nitrogens with one attached hydrogen (secondary N) is 1. The summed E-state index contributed by atoms with van der Waals surface area (Å²) < 4.78 is 9.91. The number of carbonyl (C=O) groups is 2. The van der Waals surface area contributed by atoms with Gasteiger partial charge in [-0.1, -0.05) is 44.7 Å². The molecule has 0 amide bonds. The highest BCUT2D eigenvalue weighted by Crippen LogP contribution is 2.41. The maximum Gasteiger partial charge on any atom is 0.336 e. The Kier molecular flexibility index (Phi) is 5.67. The second-order valence-electron chi connectivity index (χ2n) is 6.48. The molecule has 0 bridgehead atoms. The highest BCUT2D eigenvalue weighted by atomic mass is 16.5. The van der Waals surface area contributed by atoms with E-state index in [-0.39, 0.29) is 0 Å². The van der Waals surface area contributed by atoms with Crippen LogP contribution in [0.1, 0.15) is 43.7 Å². The summed E-state index contributed by atoms with van der Waals surface area (Å²) in [7, 11) is 2.66. The van der Waals surface area contributed by atoms with Gasteiger partial charge in [-0.05, 0) is 24.0 Å². The van der Waals surface area contributed by atoms with Crippen LogP contribution in [0, 0.1) is 5.92 Å². The fraction of sp³-hybridized carbons (Fsp3) is 0.400. The molecule has 0 aromatic heterocycles. The molecule has 25 heavy (non-hydrogen) atoms. The lowest BCUT2D eigenvalue weighted by molar-refractivity contribution is -0.145. The SMILES string of the molecule is C=C1NC(C)=C(C(=O)OC)C(c2ccc(C(C)C)cc2)C1C(=O)OC. The number of benzene rings is 1. The molecule has 2 atom stereocenters. The van der Waals surface area contributed by atoms with E-state index in [2.05, 4.69) is 25.7 Å². The minimum absolute atomic E-state index is 0.394. The molecule has 0 radical (unpaired) electrons. The maximum absolute atomic E-state index is 12.4.